The molecule has 37 heavy (non-hydrogen) atoms. The van der Waals surface area contributed by atoms with Crippen molar-refractivity contribution in [3.63, 3.8) is 0 Å². The summed E-state index contributed by atoms with van der Waals surface area (Å²) in [7, 11) is 0. The lowest BCUT2D eigenvalue weighted by Gasteiger charge is -2.12. The van der Waals surface area contributed by atoms with E-state index in [1.807, 2.05) is 45.8 Å². The molecule has 0 bridgehead atoms. The van der Waals surface area contributed by atoms with Gasteiger partial charge in [0.2, 0.25) is 5.62 Å². The van der Waals surface area contributed by atoms with E-state index in [4.69, 9.17) is 26.0 Å². The molecule has 8 heteroatoms. The summed E-state index contributed by atoms with van der Waals surface area (Å²) in [4.78, 5) is 4.64. The molecule has 3 aromatic rings. The van der Waals surface area contributed by atoms with Crippen LogP contribution in [0, 0.1) is 10.8 Å². The van der Waals surface area contributed by atoms with E-state index in [1.165, 1.54) is 24.1 Å². The maximum absolute atomic E-state index is 8.44. The van der Waals surface area contributed by atoms with Gasteiger partial charge in [-0.2, -0.15) is 0 Å². The Morgan fingerprint density at radius 1 is 0.811 bits per heavy atom. The molecule has 196 valence electrons. The lowest BCUT2D eigenvalue weighted by Crippen LogP contribution is -2.24. The maximum atomic E-state index is 8.44. The summed E-state index contributed by atoms with van der Waals surface area (Å²) in [6.07, 6.45) is 11.2. The topological polar surface area (TPSA) is 114 Å². The van der Waals surface area contributed by atoms with Crippen LogP contribution in [0.25, 0.3) is 0 Å². The molecule has 4 rings (SSSR count). The molecular formula is C29H38N6O2. The van der Waals surface area contributed by atoms with Crippen molar-refractivity contribution in [3.05, 3.63) is 77.7 Å². The minimum Gasteiger partial charge on any atom is -0.494 e. The number of nitrogens with zero attached hydrogens (tertiary/aromatic N) is 3. The molecule has 0 fully saturated rings. The Morgan fingerprint density at radius 2 is 1.38 bits per heavy atom. The van der Waals surface area contributed by atoms with Gasteiger partial charge in [0.05, 0.1) is 13.2 Å². The number of nitrogens with two attached hydrogens (primary N) is 1. The van der Waals surface area contributed by atoms with E-state index >= 15 is 0 Å². The molecule has 0 atom stereocenters. The van der Waals surface area contributed by atoms with E-state index in [9.17, 15) is 0 Å². The third-order valence-electron chi connectivity index (χ3n) is 6.57. The summed E-state index contributed by atoms with van der Waals surface area (Å²) in [5.74, 6) is 1.74. The van der Waals surface area contributed by atoms with Gasteiger partial charge in [0.1, 0.15) is 17.3 Å². The van der Waals surface area contributed by atoms with E-state index in [1.54, 1.807) is 12.1 Å². The van der Waals surface area contributed by atoms with Gasteiger partial charge in [0.25, 0.3) is 0 Å². The number of hydrogen-bond acceptors (Lipinski definition) is 5. The molecular weight excluding hydrogens is 464 g/mol. The van der Waals surface area contributed by atoms with Crippen LogP contribution in [-0.4, -0.2) is 40.4 Å². The highest BCUT2D eigenvalue weighted by Crippen LogP contribution is 2.18. The lowest BCUT2D eigenvalue weighted by atomic mass is 10.0. The number of aliphatic imine (C=N–C) groups is 1. The molecule has 0 unspecified atom stereocenters. The number of nitrogen functional groups attached to an aromatic ring is 1. The Kier molecular flexibility index (Phi) is 9.57. The second-order valence-corrected chi connectivity index (χ2v) is 9.37. The van der Waals surface area contributed by atoms with E-state index in [2.05, 4.69) is 17.1 Å². The first-order chi connectivity index (χ1) is 18.1. The number of ether oxygens (including phenoxy) is 2. The molecule has 0 saturated heterocycles. The highest BCUT2D eigenvalue weighted by atomic mass is 16.5. The van der Waals surface area contributed by atoms with Crippen molar-refractivity contribution < 1.29 is 9.47 Å². The maximum Gasteiger partial charge on any atom is 0.202 e. The Labute approximate surface area is 218 Å². The highest BCUT2D eigenvalue weighted by molar-refractivity contribution is 6.01. The molecule has 2 heterocycles. The van der Waals surface area contributed by atoms with Crippen LogP contribution >= 0.6 is 0 Å². The molecule has 8 nitrogen and oxygen atoms in total. The van der Waals surface area contributed by atoms with Gasteiger partial charge in [-0.25, -0.2) is 0 Å². The van der Waals surface area contributed by atoms with E-state index in [0.717, 1.165) is 63.2 Å². The average molecular weight is 503 g/mol. The number of unbranched alkanes of at least 4 members (excludes halogenated alkanes) is 2. The second-order valence-electron chi connectivity index (χ2n) is 9.37. The van der Waals surface area contributed by atoms with Gasteiger partial charge < -0.3 is 24.3 Å². The number of benzene rings is 2. The molecule has 0 aliphatic carbocycles. The van der Waals surface area contributed by atoms with Crippen LogP contribution in [0.15, 0.2) is 65.9 Å². The third-order valence-corrected chi connectivity index (χ3v) is 6.57. The molecule has 0 spiro atoms. The summed E-state index contributed by atoms with van der Waals surface area (Å²) in [6, 6.07) is 15.6. The van der Waals surface area contributed by atoms with Crippen molar-refractivity contribution in [2.24, 2.45) is 10.7 Å². The summed E-state index contributed by atoms with van der Waals surface area (Å²) in [6.45, 7) is 3.85. The smallest absolute Gasteiger partial charge is 0.202 e. The van der Waals surface area contributed by atoms with Crippen molar-refractivity contribution in [1.82, 2.24) is 9.13 Å². The largest absolute Gasteiger partial charge is 0.494 e. The lowest BCUT2D eigenvalue weighted by molar-refractivity contribution is 0.301. The van der Waals surface area contributed by atoms with Gasteiger partial charge in [-0.15, -0.1) is 0 Å². The zero-order valence-corrected chi connectivity index (χ0v) is 21.5. The van der Waals surface area contributed by atoms with Gasteiger partial charge in [-0.1, -0.05) is 0 Å². The standard InChI is InChI=1S/C29H38N6O2/c30-28(31)24-10-14-26(15-11-24)37-22-6-4-18-35-20-19-34(29(35)32)17-3-5-21-36-25-12-8-23(9-13-25)27-7-1-2-16-33-27/h8-15,19-20,32H,1-7,16-18,21-22H2,(H3,30,31). The fraction of sp³-hybridized carbons (Fsp3) is 0.414. The first-order valence-electron chi connectivity index (χ1n) is 13.2. The van der Waals surface area contributed by atoms with Crippen molar-refractivity contribution in [3.8, 4) is 11.5 Å². The van der Waals surface area contributed by atoms with Crippen LogP contribution in [0.2, 0.25) is 0 Å². The van der Waals surface area contributed by atoms with Crippen LogP contribution in [0.5, 0.6) is 11.5 Å². The number of amidine groups is 1. The Morgan fingerprint density at radius 3 is 1.89 bits per heavy atom. The van der Waals surface area contributed by atoms with Crippen LogP contribution in [0.1, 0.15) is 56.1 Å². The predicted octanol–water partition coefficient (Wildman–Crippen LogP) is 4.74. The minimum atomic E-state index is 0.0571. The van der Waals surface area contributed by atoms with Crippen molar-refractivity contribution in [2.45, 2.75) is 58.0 Å². The zero-order valence-electron chi connectivity index (χ0n) is 21.5. The summed E-state index contributed by atoms with van der Waals surface area (Å²) >= 11 is 0. The molecule has 1 aliphatic heterocycles. The normalized spacial score (nSPS) is 13.2. The zero-order chi connectivity index (χ0) is 25.9. The molecule has 1 aliphatic rings. The van der Waals surface area contributed by atoms with E-state index < -0.39 is 0 Å². The number of aromatic nitrogens is 2. The molecule has 0 saturated carbocycles. The van der Waals surface area contributed by atoms with Gasteiger partial charge in [-0.3, -0.25) is 15.8 Å². The quantitative estimate of drug-likeness (QED) is 0.168. The Hall–Kier alpha value is -3.81. The molecule has 0 amide bonds. The van der Waals surface area contributed by atoms with Gasteiger partial charge in [-0.05, 0) is 99.0 Å². The van der Waals surface area contributed by atoms with Crippen LogP contribution < -0.4 is 20.8 Å². The number of hydrogen-bond donors (Lipinski definition) is 3. The summed E-state index contributed by atoms with van der Waals surface area (Å²) in [5.41, 5.74) is 9.13. The molecule has 4 N–H and O–H groups in total. The van der Waals surface area contributed by atoms with Crippen LogP contribution in [0.4, 0.5) is 0 Å². The van der Waals surface area contributed by atoms with E-state index in [-0.39, 0.29) is 5.84 Å². The number of imidazole rings is 1. The highest BCUT2D eigenvalue weighted by Gasteiger charge is 2.08. The molecule has 2 aromatic carbocycles. The minimum absolute atomic E-state index is 0.0571. The second kappa shape index (κ2) is 13.5. The van der Waals surface area contributed by atoms with Gasteiger partial charge in [0, 0.05) is 43.3 Å². The van der Waals surface area contributed by atoms with Crippen LogP contribution in [-0.2, 0) is 13.1 Å². The van der Waals surface area contributed by atoms with Gasteiger partial charge in [0.15, 0.2) is 0 Å². The number of aryl methyl sites for hydroxylation is 2. The van der Waals surface area contributed by atoms with Crippen molar-refractivity contribution in [2.75, 3.05) is 19.8 Å². The van der Waals surface area contributed by atoms with Crippen molar-refractivity contribution >= 4 is 11.5 Å². The summed E-state index contributed by atoms with van der Waals surface area (Å²) < 4.78 is 15.7. The predicted molar refractivity (Wildman–Crippen MR) is 147 cm³/mol. The van der Waals surface area contributed by atoms with Gasteiger partial charge >= 0.3 is 0 Å². The molecule has 0 radical (unpaired) electrons. The monoisotopic (exact) mass is 502 g/mol. The Bertz CT molecular complexity index is 1220. The number of rotatable bonds is 14. The first kappa shape index (κ1) is 26.3. The number of nitrogens with one attached hydrogen (secondary N) is 2. The average Bonchev–Trinajstić information content (AvgIpc) is 3.28. The van der Waals surface area contributed by atoms with Crippen molar-refractivity contribution in [1.29, 1.82) is 10.8 Å². The van der Waals surface area contributed by atoms with E-state index in [0.29, 0.717) is 24.4 Å². The SMILES string of the molecule is N=C(N)c1ccc(OCCCCn2ccn(CCCCOc3ccc(C4=NCCCC4)cc3)c2=N)cc1. The molecule has 1 aromatic heterocycles. The fourth-order valence-corrected chi connectivity index (χ4v) is 4.38. The third kappa shape index (κ3) is 7.84. The fourth-order valence-electron chi connectivity index (χ4n) is 4.38. The first-order valence-corrected chi connectivity index (χ1v) is 13.2. The van der Waals surface area contributed by atoms with Crippen LogP contribution in [0.3, 0.4) is 0 Å². The Balaban J connectivity index is 1.10. The summed E-state index contributed by atoms with van der Waals surface area (Å²) in [5, 5.41) is 15.9.